The van der Waals surface area contributed by atoms with Crippen LogP contribution in [0.4, 0.5) is 20.6 Å². The minimum absolute atomic E-state index is 0.290. The van der Waals surface area contributed by atoms with Crippen LogP contribution >= 0.6 is 0 Å². The zero-order chi connectivity index (χ0) is 14.5. The average molecular weight is 270 g/mol. The van der Waals surface area contributed by atoms with Gasteiger partial charge in [-0.3, -0.25) is 5.32 Å². The van der Waals surface area contributed by atoms with Crippen LogP contribution in [0.25, 0.3) is 0 Å². The van der Waals surface area contributed by atoms with Crippen LogP contribution in [0.2, 0.25) is 0 Å². The van der Waals surface area contributed by atoms with E-state index >= 15 is 0 Å². The number of benzene rings is 2. The number of carbonyl (C=O) groups is 1. The van der Waals surface area contributed by atoms with Crippen LogP contribution in [-0.4, -0.2) is 11.2 Å². The number of hydrogen-bond donors (Lipinski definition) is 3. The van der Waals surface area contributed by atoms with E-state index in [1.807, 2.05) is 0 Å². The van der Waals surface area contributed by atoms with Crippen molar-refractivity contribution in [1.82, 2.24) is 0 Å². The lowest BCUT2D eigenvalue weighted by Gasteiger charge is -2.04. The summed E-state index contributed by atoms with van der Waals surface area (Å²) in [6.07, 6.45) is -1.18. The van der Waals surface area contributed by atoms with Crippen LogP contribution in [0.1, 0.15) is 11.1 Å². The van der Waals surface area contributed by atoms with Gasteiger partial charge in [-0.25, -0.2) is 9.18 Å². The van der Waals surface area contributed by atoms with Gasteiger partial charge in [-0.05, 0) is 42.5 Å². The summed E-state index contributed by atoms with van der Waals surface area (Å²) in [7, 11) is 0. The summed E-state index contributed by atoms with van der Waals surface area (Å²) < 4.78 is 12.7. The fourth-order valence-electron chi connectivity index (χ4n) is 1.55. The van der Waals surface area contributed by atoms with Crippen molar-refractivity contribution in [3.63, 3.8) is 0 Å². The lowest BCUT2D eigenvalue weighted by molar-refractivity contribution is 0.210. The molecule has 0 bridgehead atoms. The molecule has 1 amide bonds. The van der Waals surface area contributed by atoms with E-state index in [1.165, 1.54) is 18.2 Å². The summed E-state index contributed by atoms with van der Waals surface area (Å²) in [6, 6.07) is 10.6. The molecule has 2 rings (SSSR count). The molecular formula is C15H11FN2O2. The van der Waals surface area contributed by atoms with Gasteiger partial charge in [0, 0.05) is 11.1 Å². The maximum absolute atomic E-state index is 12.7. The standard InChI is InChI=1S/C15H11FN2O2/c16-12-6-3-10(4-7-12)1-2-11-5-8-14(13(17)9-11)18-15(19)20/h3-9,18H,17H2,(H,19,20). The van der Waals surface area contributed by atoms with Crippen molar-refractivity contribution in [3.8, 4) is 11.8 Å². The maximum Gasteiger partial charge on any atom is 0.409 e. The van der Waals surface area contributed by atoms with Gasteiger partial charge in [0.15, 0.2) is 0 Å². The van der Waals surface area contributed by atoms with Crippen molar-refractivity contribution in [2.45, 2.75) is 0 Å². The smallest absolute Gasteiger partial charge is 0.409 e. The van der Waals surface area contributed by atoms with Crippen LogP contribution in [0, 0.1) is 17.7 Å². The second-order valence-corrected chi connectivity index (χ2v) is 3.99. The second kappa shape index (κ2) is 5.76. The van der Waals surface area contributed by atoms with Gasteiger partial charge in [-0.1, -0.05) is 11.8 Å². The third kappa shape index (κ3) is 3.50. The number of nitrogen functional groups attached to an aromatic ring is 1. The molecule has 0 aliphatic rings. The Morgan fingerprint density at radius 1 is 1.10 bits per heavy atom. The molecule has 0 saturated carbocycles. The van der Waals surface area contributed by atoms with Gasteiger partial charge in [0.25, 0.3) is 0 Å². The Morgan fingerprint density at radius 3 is 2.30 bits per heavy atom. The monoisotopic (exact) mass is 270 g/mol. The van der Waals surface area contributed by atoms with E-state index in [9.17, 15) is 9.18 Å². The number of hydrogen-bond acceptors (Lipinski definition) is 2. The van der Waals surface area contributed by atoms with Crippen LogP contribution in [0.5, 0.6) is 0 Å². The van der Waals surface area contributed by atoms with Crippen LogP contribution in [0.15, 0.2) is 42.5 Å². The summed E-state index contributed by atoms with van der Waals surface area (Å²) >= 11 is 0. The molecule has 5 heteroatoms. The van der Waals surface area contributed by atoms with Gasteiger partial charge in [0.2, 0.25) is 0 Å². The van der Waals surface area contributed by atoms with Crippen molar-refractivity contribution in [2.75, 3.05) is 11.1 Å². The molecule has 0 aromatic heterocycles. The lowest BCUT2D eigenvalue weighted by Crippen LogP contribution is -2.09. The minimum Gasteiger partial charge on any atom is -0.465 e. The zero-order valence-corrected chi connectivity index (χ0v) is 10.4. The molecule has 0 atom stereocenters. The molecule has 4 N–H and O–H groups in total. The molecular weight excluding hydrogens is 259 g/mol. The summed E-state index contributed by atoms with van der Waals surface area (Å²) in [5.41, 5.74) is 7.64. The van der Waals surface area contributed by atoms with Crippen LogP contribution < -0.4 is 11.1 Å². The van der Waals surface area contributed by atoms with Gasteiger partial charge in [0.1, 0.15) is 5.82 Å². The predicted octanol–water partition coefficient (Wildman–Crippen LogP) is 2.90. The first-order valence-electron chi connectivity index (χ1n) is 5.71. The molecule has 100 valence electrons. The molecule has 0 aliphatic heterocycles. The molecule has 20 heavy (non-hydrogen) atoms. The van der Waals surface area contributed by atoms with Crippen LogP contribution in [0.3, 0.4) is 0 Å². The van der Waals surface area contributed by atoms with E-state index in [2.05, 4.69) is 17.2 Å². The Balaban J connectivity index is 2.21. The third-order valence-corrected chi connectivity index (χ3v) is 2.49. The summed E-state index contributed by atoms with van der Waals surface area (Å²) in [5, 5.41) is 10.8. The number of amides is 1. The topological polar surface area (TPSA) is 75.3 Å². The SMILES string of the molecule is Nc1cc(C#Cc2ccc(F)cc2)ccc1NC(=O)O. The molecule has 0 heterocycles. The van der Waals surface area contributed by atoms with Crippen molar-refractivity contribution in [2.24, 2.45) is 0 Å². The number of nitrogens with two attached hydrogens (primary N) is 1. The van der Waals surface area contributed by atoms with E-state index in [1.54, 1.807) is 24.3 Å². The Labute approximate surface area is 115 Å². The molecule has 0 fully saturated rings. The summed E-state index contributed by atoms with van der Waals surface area (Å²) in [4.78, 5) is 10.5. The van der Waals surface area contributed by atoms with E-state index in [4.69, 9.17) is 10.8 Å². The van der Waals surface area contributed by atoms with Gasteiger partial charge < -0.3 is 10.8 Å². The van der Waals surface area contributed by atoms with E-state index in [0.717, 1.165) is 0 Å². The van der Waals surface area contributed by atoms with E-state index in [0.29, 0.717) is 22.5 Å². The highest BCUT2D eigenvalue weighted by Gasteiger charge is 2.02. The number of halogens is 1. The van der Waals surface area contributed by atoms with Gasteiger partial charge in [-0.15, -0.1) is 0 Å². The first-order valence-corrected chi connectivity index (χ1v) is 5.71. The van der Waals surface area contributed by atoms with E-state index < -0.39 is 6.09 Å². The Bertz CT molecular complexity index is 700. The Kier molecular flexibility index (Phi) is 3.87. The first-order chi connectivity index (χ1) is 9.54. The van der Waals surface area contributed by atoms with Gasteiger partial charge >= 0.3 is 6.09 Å². The predicted molar refractivity (Wildman–Crippen MR) is 74.9 cm³/mol. The van der Waals surface area contributed by atoms with Gasteiger partial charge in [0.05, 0.1) is 11.4 Å². The number of carboxylic acid groups (broad SMARTS) is 1. The molecule has 0 aliphatic carbocycles. The Morgan fingerprint density at radius 2 is 1.70 bits per heavy atom. The number of anilines is 2. The van der Waals surface area contributed by atoms with Crippen molar-refractivity contribution >= 4 is 17.5 Å². The van der Waals surface area contributed by atoms with Crippen molar-refractivity contribution in [3.05, 3.63) is 59.4 Å². The highest BCUT2D eigenvalue weighted by molar-refractivity contribution is 5.87. The molecule has 0 saturated heterocycles. The molecule has 0 radical (unpaired) electrons. The Hall–Kier alpha value is -3.00. The average Bonchev–Trinajstić information content (AvgIpc) is 2.40. The lowest BCUT2D eigenvalue weighted by atomic mass is 10.1. The molecule has 0 unspecified atom stereocenters. The fourth-order valence-corrected chi connectivity index (χ4v) is 1.55. The van der Waals surface area contributed by atoms with Crippen LogP contribution in [-0.2, 0) is 0 Å². The zero-order valence-electron chi connectivity index (χ0n) is 10.4. The molecule has 2 aromatic carbocycles. The van der Waals surface area contributed by atoms with Crippen molar-refractivity contribution in [1.29, 1.82) is 0 Å². The molecule has 4 nitrogen and oxygen atoms in total. The molecule has 2 aromatic rings. The number of nitrogens with one attached hydrogen (secondary N) is 1. The third-order valence-electron chi connectivity index (χ3n) is 2.49. The van der Waals surface area contributed by atoms with E-state index in [-0.39, 0.29) is 5.82 Å². The van der Waals surface area contributed by atoms with Crippen molar-refractivity contribution < 1.29 is 14.3 Å². The highest BCUT2D eigenvalue weighted by atomic mass is 19.1. The highest BCUT2D eigenvalue weighted by Crippen LogP contribution is 2.19. The summed E-state index contributed by atoms with van der Waals surface area (Å²) in [5.74, 6) is 5.42. The minimum atomic E-state index is -1.18. The summed E-state index contributed by atoms with van der Waals surface area (Å²) in [6.45, 7) is 0. The quantitative estimate of drug-likeness (QED) is 0.551. The maximum atomic E-state index is 12.7. The fraction of sp³-hybridized carbons (Fsp3) is 0. The van der Waals surface area contributed by atoms with Gasteiger partial charge in [-0.2, -0.15) is 0 Å². The molecule has 0 spiro atoms. The first kappa shape index (κ1) is 13.4. The second-order valence-electron chi connectivity index (χ2n) is 3.99. The number of rotatable bonds is 1. The normalized spacial score (nSPS) is 9.45. The largest absolute Gasteiger partial charge is 0.465 e.